The van der Waals surface area contributed by atoms with Crippen LogP contribution in [-0.2, 0) is 0 Å². The molecule has 1 unspecified atom stereocenters. The molecular weight excluding hydrogens is 148 g/mol. The van der Waals surface area contributed by atoms with Crippen molar-refractivity contribution in [2.45, 2.75) is 39.5 Å². The van der Waals surface area contributed by atoms with Gasteiger partial charge in [0.1, 0.15) is 0 Å². The van der Waals surface area contributed by atoms with Gasteiger partial charge in [-0.15, -0.1) is 0 Å². The van der Waals surface area contributed by atoms with Crippen molar-refractivity contribution < 1.29 is 0 Å². The second-order valence-electron chi connectivity index (χ2n) is 3.71. The Bertz CT molecular complexity index is 163. The fourth-order valence-electron chi connectivity index (χ4n) is 1.61. The summed E-state index contributed by atoms with van der Waals surface area (Å²) in [5.74, 6) is 0.716. The van der Waals surface area contributed by atoms with E-state index in [2.05, 4.69) is 18.9 Å². The van der Waals surface area contributed by atoms with Crippen LogP contribution in [0.15, 0.2) is 5.10 Å². The number of rotatable bonds is 2. The SMILES string of the molecule is CCN(C)/N=C1/CCCCC1C. The molecule has 0 N–H and O–H groups in total. The Hall–Kier alpha value is -0.530. The zero-order valence-corrected chi connectivity index (χ0v) is 8.51. The molecule has 0 bridgehead atoms. The van der Waals surface area contributed by atoms with Gasteiger partial charge < -0.3 is 5.01 Å². The van der Waals surface area contributed by atoms with Crippen molar-refractivity contribution in [1.82, 2.24) is 5.01 Å². The van der Waals surface area contributed by atoms with Gasteiger partial charge in [-0.05, 0) is 32.1 Å². The maximum atomic E-state index is 4.59. The van der Waals surface area contributed by atoms with E-state index < -0.39 is 0 Å². The molecule has 0 aromatic heterocycles. The second kappa shape index (κ2) is 4.48. The summed E-state index contributed by atoms with van der Waals surface area (Å²) < 4.78 is 0. The highest BCUT2D eigenvalue weighted by Gasteiger charge is 2.15. The van der Waals surface area contributed by atoms with Crippen molar-refractivity contribution in [3.8, 4) is 0 Å². The molecule has 2 heteroatoms. The van der Waals surface area contributed by atoms with Gasteiger partial charge in [0.15, 0.2) is 0 Å². The molecule has 0 saturated heterocycles. The highest BCUT2D eigenvalue weighted by Crippen LogP contribution is 2.21. The molecule has 0 radical (unpaired) electrons. The average Bonchev–Trinajstić information content (AvgIpc) is 2.09. The minimum Gasteiger partial charge on any atom is -0.300 e. The lowest BCUT2D eigenvalue weighted by atomic mass is 9.89. The third-order valence-electron chi connectivity index (χ3n) is 2.65. The van der Waals surface area contributed by atoms with E-state index >= 15 is 0 Å². The lowest BCUT2D eigenvalue weighted by molar-refractivity contribution is 0.366. The van der Waals surface area contributed by atoms with Gasteiger partial charge in [0.25, 0.3) is 0 Å². The molecule has 1 rings (SSSR count). The van der Waals surface area contributed by atoms with Gasteiger partial charge in [0.2, 0.25) is 0 Å². The molecule has 0 spiro atoms. The molecule has 2 nitrogen and oxygen atoms in total. The highest BCUT2D eigenvalue weighted by molar-refractivity contribution is 5.86. The van der Waals surface area contributed by atoms with E-state index in [1.165, 1.54) is 31.4 Å². The van der Waals surface area contributed by atoms with Crippen LogP contribution in [0.1, 0.15) is 39.5 Å². The minimum atomic E-state index is 0.716. The summed E-state index contributed by atoms with van der Waals surface area (Å²) in [5, 5.41) is 6.62. The first-order valence-corrected chi connectivity index (χ1v) is 5.02. The Morgan fingerprint density at radius 2 is 2.25 bits per heavy atom. The summed E-state index contributed by atoms with van der Waals surface area (Å²) in [6, 6.07) is 0. The van der Waals surface area contributed by atoms with Crippen LogP contribution in [-0.4, -0.2) is 24.3 Å². The minimum absolute atomic E-state index is 0.716. The predicted molar refractivity (Wildman–Crippen MR) is 53.4 cm³/mol. The summed E-state index contributed by atoms with van der Waals surface area (Å²) in [6.07, 6.45) is 5.26. The van der Waals surface area contributed by atoms with Crippen LogP contribution in [0.2, 0.25) is 0 Å². The van der Waals surface area contributed by atoms with Gasteiger partial charge in [-0.1, -0.05) is 13.3 Å². The van der Waals surface area contributed by atoms with Gasteiger partial charge in [-0.2, -0.15) is 5.10 Å². The topological polar surface area (TPSA) is 15.6 Å². The molecule has 1 fully saturated rings. The standard InChI is InChI=1S/C10H20N2/c1-4-12(3)11-10-8-6-5-7-9(10)2/h9H,4-8H2,1-3H3/b11-10-. The molecule has 0 aliphatic heterocycles. The van der Waals surface area contributed by atoms with Crippen LogP contribution in [0, 0.1) is 5.92 Å². The van der Waals surface area contributed by atoms with Gasteiger partial charge in [-0.25, -0.2) is 0 Å². The van der Waals surface area contributed by atoms with Gasteiger partial charge in [0, 0.05) is 19.3 Å². The third kappa shape index (κ3) is 2.50. The zero-order valence-electron chi connectivity index (χ0n) is 8.51. The molecule has 1 atom stereocenters. The zero-order chi connectivity index (χ0) is 8.97. The quantitative estimate of drug-likeness (QED) is 0.578. The second-order valence-corrected chi connectivity index (χ2v) is 3.71. The molecule has 0 aromatic carbocycles. The fourth-order valence-corrected chi connectivity index (χ4v) is 1.61. The lowest BCUT2D eigenvalue weighted by Gasteiger charge is -2.22. The van der Waals surface area contributed by atoms with Crippen molar-refractivity contribution in [3.63, 3.8) is 0 Å². The van der Waals surface area contributed by atoms with Gasteiger partial charge in [0.05, 0.1) is 0 Å². The summed E-state index contributed by atoms with van der Waals surface area (Å²) in [4.78, 5) is 0. The number of hydrogen-bond acceptors (Lipinski definition) is 2. The molecular formula is C10H20N2. The number of hydrazone groups is 1. The predicted octanol–water partition coefficient (Wildman–Crippen LogP) is 2.50. The van der Waals surface area contributed by atoms with E-state index in [-0.39, 0.29) is 0 Å². The molecule has 70 valence electrons. The highest BCUT2D eigenvalue weighted by atomic mass is 15.4. The smallest absolute Gasteiger partial charge is 0.0408 e. The van der Waals surface area contributed by atoms with Gasteiger partial charge in [-0.3, -0.25) is 0 Å². The Morgan fingerprint density at radius 3 is 2.83 bits per heavy atom. The largest absolute Gasteiger partial charge is 0.300 e. The Morgan fingerprint density at radius 1 is 1.50 bits per heavy atom. The first-order valence-electron chi connectivity index (χ1n) is 5.02. The van der Waals surface area contributed by atoms with Crippen LogP contribution >= 0.6 is 0 Å². The van der Waals surface area contributed by atoms with Crippen molar-refractivity contribution in [1.29, 1.82) is 0 Å². The van der Waals surface area contributed by atoms with E-state index in [4.69, 9.17) is 0 Å². The van der Waals surface area contributed by atoms with Crippen molar-refractivity contribution in [2.75, 3.05) is 13.6 Å². The summed E-state index contributed by atoms with van der Waals surface area (Å²) in [5.41, 5.74) is 1.41. The summed E-state index contributed by atoms with van der Waals surface area (Å²) >= 11 is 0. The average molecular weight is 168 g/mol. The summed E-state index contributed by atoms with van der Waals surface area (Å²) in [7, 11) is 2.05. The first kappa shape index (κ1) is 9.56. The maximum absolute atomic E-state index is 4.59. The maximum Gasteiger partial charge on any atom is 0.0408 e. The Labute approximate surface area is 75.6 Å². The van der Waals surface area contributed by atoms with Crippen LogP contribution in [0.4, 0.5) is 0 Å². The van der Waals surface area contributed by atoms with Crippen molar-refractivity contribution in [3.05, 3.63) is 0 Å². The Kier molecular flexibility index (Phi) is 3.57. The summed E-state index contributed by atoms with van der Waals surface area (Å²) in [6.45, 7) is 5.44. The first-order chi connectivity index (χ1) is 5.74. The monoisotopic (exact) mass is 168 g/mol. The van der Waals surface area contributed by atoms with E-state index in [0.29, 0.717) is 5.92 Å². The van der Waals surface area contributed by atoms with Crippen LogP contribution in [0.25, 0.3) is 0 Å². The van der Waals surface area contributed by atoms with Crippen molar-refractivity contribution in [2.24, 2.45) is 11.0 Å². The molecule has 0 heterocycles. The molecule has 1 aliphatic rings. The number of hydrogen-bond donors (Lipinski definition) is 0. The van der Waals surface area contributed by atoms with Crippen LogP contribution in [0.5, 0.6) is 0 Å². The lowest BCUT2D eigenvalue weighted by Crippen LogP contribution is -2.21. The fraction of sp³-hybridized carbons (Fsp3) is 0.900. The molecule has 1 aliphatic carbocycles. The van der Waals surface area contributed by atoms with E-state index in [1.54, 1.807) is 0 Å². The number of nitrogens with zero attached hydrogens (tertiary/aromatic N) is 2. The molecule has 0 amide bonds. The molecule has 12 heavy (non-hydrogen) atoms. The molecule has 1 saturated carbocycles. The van der Waals surface area contributed by atoms with Crippen molar-refractivity contribution >= 4 is 5.71 Å². The van der Waals surface area contributed by atoms with Gasteiger partial charge >= 0.3 is 0 Å². The van der Waals surface area contributed by atoms with Crippen LogP contribution < -0.4 is 0 Å². The Balaban J connectivity index is 2.52. The normalized spacial score (nSPS) is 27.6. The van der Waals surface area contributed by atoms with E-state index in [1.807, 2.05) is 12.1 Å². The third-order valence-corrected chi connectivity index (χ3v) is 2.65. The van der Waals surface area contributed by atoms with E-state index in [9.17, 15) is 0 Å². The van der Waals surface area contributed by atoms with Crippen LogP contribution in [0.3, 0.4) is 0 Å². The van der Waals surface area contributed by atoms with E-state index in [0.717, 1.165) is 6.54 Å². The molecule has 0 aromatic rings.